The zero-order valence-corrected chi connectivity index (χ0v) is 28.9. The van der Waals surface area contributed by atoms with Crippen molar-refractivity contribution in [2.45, 2.75) is 95.4 Å². The second-order valence-corrected chi connectivity index (χ2v) is 15.2. The van der Waals surface area contributed by atoms with Crippen molar-refractivity contribution >= 4 is 28.8 Å². The Bertz CT molecular complexity index is 1700. The maximum absolute atomic E-state index is 14.5. The number of methoxy groups -OCH3 is 1. The molecule has 3 fully saturated rings. The smallest absolute Gasteiger partial charge is 0.230 e. The molecule has 8 nitrogen and oxygen atoms in total. The third kappa shape index (κ3) is 7.67. The van der Waals surface area contributed by atoms with Gasteiger partial charge in [0.15, 0.2) is 0 Å². The summed E-state index contributed by atoms with van der Waals surface area (Å²) in [5.74, 6) is 2.74. The molecule has 2 aromatic carbocycles. The molecule has 2 amide bonds. The van der Waals surface area contributed by atoms with Crippen LogP contribution in [0.1, 0.15) is 97.9 Å². The zero-order valence-electron chi connectivity index (χ0n) is 28.1. The lowest BCUT2D eigenvalue weighted by Gasteiger charge is -2.36. The van der Waals surface area contributed by atoms with Gasteiger partial charge >= 0.3 is 0 Å². The molecule has 3 aliphatic rings. The van der Waals surface area contributed by atoms with Crippen molar-refractivity contribution in [3.05, 3.63) is 83.0 Å². The number of amides is 2. The summed E-state index contributed by atoms with van der Waals surface area (Å²) in [5.41, 5.74) is 5.45. The number of anilines is 1. The Labute approximate surface area is 287 Å². The zero-order chi connectivity index (χ0) is 33.0. The van der Waals surface area contributed by atoms with Gasteiger partial charge in [-0.3, -0.25) is 9.59 Å². The van der Waals surface area contributed by atoms with E-state index in [2.05, 4.69) is 69.6 Å². The van der Waals surface area contributed by atoms with Crippen molar-refractivity contribution in [3.63, 3.8) is 0 Å². The quantitative estimate of drug-likeness (QED) is 0.169. The predicted molar refractivity (Wildman–Crippen MR) is 190 cm³/mol. The number of carbonyl (C=O) groups is 2. The first-order valence-electron chi connectivity index (χ1n) is 17.7. The van der Waals surface area contributed by atoms with Crippen LogP contribution in [0.4, 0.5) is 5.69 Å². The van der Waals surface area contributed by atoms with Gasteiger partial charge in [0.2, 0.25) is 11.8 Å². The van der Waals surface area contributed by atoms with Crippen LogP contribution in [0, 0.1) is 18.8 Å². The highest BCUT2D eigenvalue weighted by atomic mass is 32.1. The van der Waals surface area contributed by atoms with Gasteiger partial charge in [0.1, 0.15) is 5.75 Å². The first-order chi connectivity index (χ1) is 23.4. The van der Waals surface area contributed by atoms with Crippen LogP contribution < -0.4 is 15.0 Å². The van der Waals surface area contributed by atoms with Gasteiger partial charge in [0.25, 0.3) is 0 Å². The predicted octanol–water partition coefficient (Wildman–Crippen LogP) is 7.95. The van der Waals surface area contributed by atoms with Gasteiger partial charge in [-0.2, -0.15) is 0 Å². The van der Waals surface area contributed by atoms with Crippen molar-refractivity contribution in [1.82, 2.24) is 20.3 Å². The fraction of sp³-hybridized carbons (Fsp3) is 0.487. The number of benzene rings is 2. The number of imidazole rings is 1. The first-order valence-corrected chi connectivity index (χ1v) is 18.5. The number of nitrogens with zero attached hydrogens (tertiary/aromatic N) is 3. The number of aromatic nitrogens is 3. The molecule has 0 atom stereocenters. The number of nitrogens with one attached hydrogen (secondary N) is 2. The normalized spacial score (nSPS) is 22.6. The van der Waals surface area contributed by atoms with Gasteiger partial charge < -0.3 is 19.9 Å². The first kappa shape index (κ1) is 32.6. The number of H-pyrrole nitrogens is 1. The Hall–Kier alpha value is -3.98. The second-order valence-electron chi connectivity index (χ2n) is 14.1. The minimum absolute atomic E-state index is 0.0105. The maximum Gasteiger partial charge on any atom is 0.230 e. The molecule has 7 rings (SSSR count). The van der Waals surface area contributed by atoms with Gasteiger partial charge in [-0.1, -0.05) is 24.3 Å². The molecular weight excluding hydrogens is 619 g/mol. The van der Waals surface area contributed by atoms with Gasteiger partial charge in [0, 0.05) is 42.5 Å². The third-order valence-corrected chi connectivity index (χ3v) is 11.9. The lowest BCUT2D eigenvalue weighted by atomic mass is 9.78. The van der Waals surface area contributed by atoms with E-state index in [0.29, 0.717) is 17.8 Å². The fourth-order valence-corrected chi connectivity index (χ4v) is 8.80. The second kappa shape index (κ2) is 14.6. The van der Waals surface area contributed by atoms with E-state index in [0.717, 1.165) is 80.6 Å². The molecule has 2 aromatic heterocycles. The molecule has 2 heterocycles. The summed E-state index contributed by atoms with van der Waals surface area (Å²) in [6.45, 7) is 2.86. The van der Waals surface area contributed by atoms with Crippen molar-refractivity contribution in [2.75, 3.05) is 18.6 Å². The summed E-state index contributed by atoms with van der Waals surface area (Å²) < 4.78 is 5.49. The number of carbonyl (C=O) groups excluding carboxylic acids is 2. The SMILES string of the molecule is COc1ccc([C@H]2CC[C@H](CN(c3cccc(-c4cnc(C5CC5)s4)c3)C(=O)[C@H]3CC[C@H](NC(=O)Cc4c[nH]cn4)CC3)CC2)cc1C. The highest BCUT2D eigenvalue weighted by molar-refractivity contribution is 7.15. The maximum atomic E-state index is 14.5. The minimum atomic E-state index is -0.0448. The summed E-state index contributed by atoms with van der Waals surface area (Å²) in [4.78, 5) is 42.1. The van der Waals surface area contributed by atoms with Crippen LogP contribution in [0.15, 0.2) is 61.2 Å². The van der Waals surface area contributed by atoms with Crippen molar-refractivity contribution in [3.8, 4) is 16.2 Å². The number of hydrogen-bond donors (Lipinski definition) is 2. The van der Waals surface area contributed by atoms with E-state index < -0.39 is 0 Å². The van der Waals surface area contributed by atoms with E-state index >= 15 is 0 Å². The molecule has 2 N–H and O–H groups in total. The molecule has 0 bridgehead atoms. The molecule has 252 valence electrons. The largest absolute Gasteiger partial charge is 0.496 e. The van der Waals surface area contributed by atoms with Crippen LogP contribution in [-0.2, 0) is 16.0 Å². The van der Waals surface area contributed by atoms with E-state index in [-0.39, 0.29) is 30.2 Å². The summed E-state index contributed by atoms with van der Waals surface area (Å²) in [7, 11) is 1.73. The van der Waals surface area contributed by atoms with Crippen LogP contribution in [-0.4, -0.2) is 46.5 Å². The minimum Gasteiger partial charge on any atom is -0.496 e. The van der Waals surface area contributed by atoms with Crippen LogP contribution in [0.3, 0.4) is 0 Å². The number of thiazole rings is 1. The molecule has 4 aromatic rings. The molecule has 0 radical (unpaired) electrons. The molecule has 0 aliphatic heterocycles. The average molecular weight is 666 g/mol. The van der Waals surface area contributed by atoms with Crippen LogP contribution in [0.5, 0.6) is 5.75 Å². The van der Waals surface area contributed by atoms with E-state index in [1.54, 1.807) is 31.0 Å². The lowest BCUT2D eigenvalue weighted by Crippen LogP contribution is -2.44. The average Bonchev–Trinajstić information content (AvgIpc) is 3.60. The Morgan fingerprint density at radius 3 is 2.46 bits per heavy atom. The molecule has 9 heteroatoms. The van der Waals surface area contributed by atoms with Gasteiger partial charge in [-0.25, -0.2) is 9.97 Å². The summed E-state index contributed by atoms with van der Waals surface area (Å²) in [5, 5.41) is 4.42. The van der Waals surface area contributed by atoms with Crippen LogP contribution in [0.25, 0.3) is 10.4 Å². The van der Waals surface area contributed by atoms with Gasteiger partial charge in [-0.05, 0) is 118 Å². The van der Waals surface area contributed by atoms with E-state index in [4.69, 9.17) is 9.72 Å². The molecule has 3 saturated carbocycles. The van der Waals surface area contributed by atoms with E-state index in [1.807, 2.05) is 6.20 Å². The Morgan fingerprint density at radius 1 is 0.958 bits per heavy atom. The summed E-state index contributed by atoms with van der Waals surface area (Å²) >= 11 is 1.79. The number of rotatable bonds is 11. The van der Waals surface area contributed by atoms with Crippen LogP contribution in [0.2, 0.25) is 0 Å². The monoisotopic (exact) mass is 665 g/mol. The summed E-state index contributed by atoms with van der Waals surface area (Å²) in [6.07, 6.45) is 15.8. The van der Waals surface area contributed by atoms with Gasteiger partial charge in [-0.15, -0.1) is 11.3 Å². The highest BCUT2D eigenvalue weighted by Crippen LogP contribution is 2.44. The number of hydrogen-bond acceptors (Lipinski definition) is 6. The molecule has 0 saturated heterocycles. The van der Waals surface area contributed by atoms with E-state index in [9.17, 15) is 9.59 Å². The van der Waals surface area contributed by atoms with Crippen molar-refractivity contribution < 1.29 is 14.3 Å². The molecule has 48 heavy (non-hydrogen) atoms. The van der Waals surface area contributed by atoms with Gasteiger partial charge in [0.05, 0.1) is 35.4 Å². The fourth-order valence-electron chi connectivity index (χ4n) is 7.72. The Kier molecular flexibility index (Phi) is 9.93. The number of ether oxygens (including phenoxy) is 1. The third-order valence-electron chi connectivity index (χ3n) is 10.7. The number of aromatic amines is 1. The Balaban J connectivity index is 1.04. The number of aryl methyl sites for hydroxylation is 1. The highest BCUT2D eigenvalue weighted by Gasteiger charge is 2.33. The lowest BCUT2D eigenvalue weighted by molar-refractivity contribution is -0.123. The van der Waals surface area contributed by atoms with Crippen molar-refractivity contribution in [2.24, 2.45) is 11.8 Å². The molecular formula is C39H47N5O3S. The topological polar surface area (TPSA) is 100 Å². The standard InChI is InChI=1S/C39H47N5O3S/c1-25-18-30(14-17-35(25)47-2)27-8-6-26(7-9-27)23-44(34-5-3-4-31(19-34)36-22-41-38(48-36)28-10-11-28)39(46)29-12-15-32(16-13-29)43-37(45)20-33-21-40-24-42-33/h3-5,14,17-19,21-22,24,26-29,32H,6-13,15-16,20,23H2,1-2H3,(H,40,42)(H,43,45)/t26-,27-,29-,32-. The molecule has 0 spiro atoms. The van der Waals surface area contributed by atoms with Crippen LogP contribution >= 0.6 is 11.3 Å². The van der Waals surface area contributed by atoms with Crippen molar-refractivity contribution in [1.29, 1.82) is 0 Å². The Morgan fingerprint density at radius 2 is 1.75 bits per heavy atom. The molecule has 3 aliphatic carbocycles. The van der Waals surface area contributed by atoms with E-state index in [1.165, 1.54) is 33.9 Å². The molecule has 0 unspecified atom stereocenters. The summed E-state index contributed by atoms with van der Waals surface area (Å²) in [6, 6.07) is 15.3.